The Kier molecular flexibility index (Phi) is 6.53. The lowest BCUT2D eigenvalue weighted by atomic mass is 10.1. The topological polar surface area (TPSA) is 97.8 Å². The molecule has 1 amide bonds. The first-order chi connectivity index (χ1) is 12.0. The Balaban J connectivity index is 1.84. The van der Waals surface area contributed by atoms with E-state index in [-0.39, 0.29) is 17.2 Å². The highest BCUT2D eigenvalue weighted by atomic mass is 16.6. The molecule has 0 fully saturated rings. The molecule has 1 aromatic heterocycles. The van der Waals surface area contributed by atoms with Crippen LogP contribution < -0.4 is 10.2 Å². The van der Waals surface area contributed by atoms with Crippen molar-refractivity contribution in [3.8, 4) is 0 Å². The summed E-state index contributed by atoms with van der Waals surface area (Å²) in [6.45, 7) is 1.26. The van der Waals surface area contributed by atoms with E-state index in [0.29, 0.717) is 31.9 Å². The van der Waals surface area contributed by atoms with Gasteiger partial charge in [-0.2, -0.15) is 0 Å². The number of rotatable bonds is 9. The maximum absolute atomic E-state index is 12.3. The molecule has 0 radical (unpaired) electrons. The predicted octanol–water partition coefficient (Wildman–Crippen LogP) is 2.59. The number of nitro benzene ring substituents is 1. The molecule has 0 bridgehead atoms. The van der Waals surface area contributed by atoms with E-state index < -0.39 is 4.92 Å². The number of nitrogens with one attached hydrogen (secondary N) is 1. The number of nitrogens with zero attached hydrogens (tertiary/aromatic N) is 2. The highest BCUT2D eigenvalue weighted by Crippen LogP contribution is 2.24. The molecule has 0 aliphatic carbocycles. The Bertz CT molecular complexity index is 713. The van der Waals surface area contributed by atoms with Gasteiger partial charge in [0, 0.05) is 45.1 Å². The number of amides is 1. The Morgan fingerprint density at radius 2 is 2.16 bits per heavy atom. The molecule has 0 saturated heterocycles. The summed E-state index contributed by atoms with van der Waals surface area (Å²) in [6, 6.07) is 7.86. The smallest absolute Gasteiger partial charge is 0.270 e. The lowest BCUT2D eigenvalue weighted by molar-refractivity contribution is -0.384. The molecule has 1 N–H and O–H groups in total. The maximum atomic E-state index is 12.3. The number of carbonyl (C=O) groups excluding carboxylic acids is 1. The second kappa shape index (κ2) is 8.84. The Morgan fingerprint density at radius 1 is 1.36 bits per heavy atom. The van der Waals surface area contributed by atoms with Crippen molar-refractivity contribution in [3.05, 3.63) is 58.0 Å². The van der Waals surface area contributed by atoms with Gasteiger partial charge in [0.1, 0.15) is 12.4 Å². The maximum Gasteiger partial charge on any atom is 0.270 e. The summed E-state index contributed by atoms with van der Waals surface area (Å²) in [5.74, 6) is 0.398. The largest absolute Gasteiger partial charge is 0.467 e. The number of furan rings is 1. The Hall–Kier alpha value is -2.87. The lowest BCUT2D eigenvalue weighted by Crippen LogP contribution is -2.27. The minimum atomic E-state index is -0.515. The third kappa shape index (κ3) is 5.32. The fourth-order valence-electron chi connectivity index (χ4n) is 2.25. The molecule has 1 aromatic carbocycles. The van der Waals surface area contributed by atoms with E-state index in [1.54, 1.807) is 37.4 Å². The lowest BCUT2D eigenvalue weighted by Gasteiger charge is -2.17. The minimum Gasteiger partial charge on any atom is -0.467 e. The summed E-state index contributed by atoms with van der Waals surface area (Å²) in [6.07, 6.45) is 2.21. The molecule has 0 aliphatic heterocycles. The van der Waals surface area contributed by atoms with Gasteiger partial charge >= 0.3 is 0 Å². The normalized spacial score (nSPS) is 10.5. The van der Waals surface area contributed by atoms with Crippen LogP contribution in [0.25, 0.3) is 0 Å². The van der Waals surface area contributed by atoms with Crippen LogP contribution in [-0.2, 0) is 11.3 Å². The summed E-state index contributed by atoms with van der Waals surface area (Å²) < 4.78 is 10.6. The monoisotopic (exact) mass is 347 g/mol. The van der Waals surface area contributed by atoms with Crippen LogP contribution in [0.4, 0.5) is 11.4 Å². The van der Waals surface area contributed by atoms with Crippen molar-refractivity contribution in [1.82, 2.24) is 5.32 Å². The van der Waals surface area contributed by atoms with Crippen molar-refractivity contribution >= 4 is 17.3 Å². The highest BCUT2D eigenvalue weighted by molar-refractivity contribution is 6.00. The SMILES string of the molecule is CN(C)c1ccc([N+](=O)[O-])cc1C(=O)NCCCOCc1ccco1. The van der Waals surface area contributed by atoms with Gasteiger partial charge in [-0.3, -0.25) is 14.9 Å². The molecule has 0 atom stereocenters. The van der Waals surface area contributed by atoms with Crippen molar-refractivity contribution in [2.75, 3.05) is 32.1 Å². The molecule has 0 aliphatic rings. The molecular weight excluding hydrogens is 326 g/mol. The number of benzene rings is 1. The number of nitro groups is 1. The fourth-order valence-corrected chi connectivity index (χ4v) is 2.25. The molecular formula is C17H21N3O5. The van der Waals surface area contributed by atoms with E-state index in [0.717, 1.165) is 5.76 Å². The summed E-state index contributed by atoms with van der Waals surface area (Å²) >= 11 is 0. The molecule has 0 spiro atoms. The van der Waals surface area contributed by atoms with Crippen LogP contribution in [0.5, 0.6) is 0 Å². The quantitative estimate of drug-likeness (QED) is 0.425. The number of ether oxygens (including phenoxy) is 1. The first-order valence-corrected chi connectivity index (χ1v) is 7.83. The first kappa shape index (κ1) is 18.5. The molecule has 134 valence electrons. The summed E-state index contributed by atoms with van der Waals surface area (Å²) in [7, 11) is 3.56. The average molecular weight is 347 g/mol. The third-order valence-electron chi connectivity index (χ3n) is 3.49. The third-order valence-corrected chi connectivity index (χ3v) is 3.49. The van der Waals surface area contributed by atoms with Crippen molar-refractivity contribution in [3.63, 3.8) is 0 Å². The summed E-state index contributed by atoms with van der Waals surface area (Å²) in [5, 5.41) is 13.7. The van der Waals surface area contributed by atoms with Crippen LogP contribution in [0.2, 0.25) is 0 Å². The number of anilines is 1. The number of carbonyl (C=O) groups is 1. The van der Waals surface area contributed by atoms with E-state index in [1.165, 1.54) is 12.1 Å². The van der Waals surface area contributed by atoms with Crippen molar-refractivity contribution < 1.29 is 18.9 Å². The molecule has 8 nitrogen and oxygen atoms in total. The number of non-ortho nitro benzene ring substituents is 1. The molecule has 8 heteroatoms. The minimum absolute atomic E-state index is 0.113. The first-order valence-electron chi connectivity index (χ1n) is 7.83. The van der Waals surface area contributed by atoms with Gasteiger partial charge in [0.05, 0.1) is 16.7 Å². The van der Waals surface area contributed by atoms with E-state index in [9.17, 15) is 14.9 Å². The predicted molar refractivity (Wildman–Crippen MR) is 92.7 cm³/mol. The van der Waals surface area contributed by atoms with Gasteiger partial charge in [-0.05, 0) is 24.6 Å². The molecule has 0 unspecified atom stereocenters. The summed E-state index contributed by atoms with van der Waals surface area (Å²) in [5.41, 5.74) is 0.783. The van der Waals surface area contributed by atoms with Crippen LogP contribution in [0.1, 0.15) is 22.5 Å². The molecule has 2 rings (SSSR count). The molecule has 0 saturated carbocycles. The molecule has 1 heterocycles. The van der Waals surface area contributed by atoms with Gasteiger partial charge in [-0.1, -0.05) is 0 Å². The number of hydrogen-bond donors (Lipinski definition) is 1. The van der Waals surface area contributed by atoms with Crippen LogP contribution in [-0.4, -0.2) is 38.1 Å². The van der Waals surface area contributed by atoms with Crippen LogP contribution in [0.3, 0.4) is 0 Å². The second-order valence-corrected chi connectivity index (χ2v) is 5.59. The van der Waals surface area contributed by atoms with Crippen molar-refractivity contribution in [2.24, 2.45) is 0 Å². The fraction of sp³-hybridized carbons (Fsp3) is 0.353. The van der Waals surface area contributed by atoms with E-state index in [4.69, 9.17) is 9.15 Å². The van der Waals surface area contributed by atoms with Gasteiger partial charge in [0.2, 0.25) is 0 Å². The van der Waals surface area contributed by atoms with E-state index in [1.807, 2.05) is 6.07 Å². The zero-order chi connectivity index (χ0) is 18.2. The van der Waals surface area contributed by atoms with Crippen molar-refractivity contribution in [2.45, 2.75) is 13.0 Å². The van der Waals surface area contributed by atoms with Gasteiger partial charge in [-0.15, -0.1) is 0 Å². The second-order valence-electron chi connectivity index (χ2n) is 5.59. The zero-order valence-corrected chi connectivity index (χ0v) is 14.2. The van der Waals surface area contributed by atoms with Crippen molar-refractivity contribution in [1.29, 1.82) is 0 Å². The van der Waals surface area contributed by atoms with Gasteiger partial charge in [0.15, 0.2) is 0 Å². The van der Waals surface area contributed by atoms with Crippen LogP contribution in [0.15, 0.2) is 41.0 Å². The molecule has 2 aromatic rings. The highest BCUT2D eigenvalue weighted by Gasteiger charge is 2.17. The van der Waals surface area contributed by atoms with Crippen LogP contribution in [0, 0.1) is 10.1 Å². The van der Waals surface area contributed by atoms with Gasteiger partial charge < -0.3 is 19.4 Å². The van der Waals surface area contributed by atoms with Gasteiger partial charge in [-0.25, -0.2) is 0 Å². The number of hydrogen-bond acceptors (Lipinski definition) is 6. The van der Waals surface area contributed by atoms with Gasteiger partial charge in [0.25, 0.3) is 11.6 Å². The standard InChI is InChI=1S/C17H21N3O5/c1-19(2)16-7-6-13(20(22)23)11-15(16)17(21)18-8-4-9-24-12-14-5-3-10-25-14/h3,5-7,10-11H,4,8-9,12H2,1-2H3,(H,18,21). The zero-order valence-electron chi connectivity index (χ0n) is 14.2. The van der Waals surface area contributed by atoms with Crippen LogP contribution >= 0.6 is 0 Å². The Morgan fingerprint density at radius 3 is 2.80 bits per heavy atom. The Labute approximate surface area is 145 Å². The van der Waals surface area contributed by atoms with E-state index >= 15 is 0 Å². The average Bonchev–Trinajstić information content (AvgIpc) is 3.10. The molecule has 25 heavy (non-hydrogen) atoms. The van der Waals surface area contributed by atoms with E-state index in [2.05, 4.69) is 5.32 Å². The summed E-state index contributed by atoms with van der Waals surface area (Å²) in [4.78, 5) is 24.5.